The highest BCUT2D eigenvalue weighted by Gasteiger charge is 1.97. The highest BCUT2D eigenvalue weighted by molar-refractivity contribution is 8.02. The molecule has 0 spiro atoms. The van der Waals surface area contributed by atoms with Crippen LogP contribution in [0, 0.1) is 0 Å². The minimum atomic E-state index is 1.06. The summed E-state index contributed by atoms with van der Waals surface area (Å²) in [6, 6.07) is 0. The van der Waals surface area contributed by atoms with Crippen molar-refractivity contribution in [3.8, 4) is 0 Å². The van der Waals surface area contributed by atoms with Gasteiger partial charge in [-0.05, 0) is 27.0 Å². The second-order valence-electron chi connectivity index (χ2n) is 1.92. The number of allylic oxidation sites excluding steroid dienone is 2. The fraction of sp³-hybridized carbons (Fsp3) is 0.444. The molecule has 0 aromatic heterocycles. The van der Waals surface area contributed by atoms with Crippen molar-refractivity contribution >= 4 is 18.0 Å². The lowest BCUT2D eigenvalue weighted by Gasteiger charge is -2.01. The van der Waals surface area contributed by atoms with E-state index in [9.17, 15) is 0 Å². The fourth-order valence-corrected chi connectivity index (χ4v) is 1.41. The first-order valence-corrected chi connectivity index (χ1v) is 4.88. The highest BCUT2D eigenvalue weighted by Crippen LogP contribution is 2.21. The Morgan fingerprint density at radius 3 is 2.09 bits per heavy atom. The molecule has 0 aromatic rings. The van der Waals surface area contributed by atoms with Gasteiger partial charge in [-0.2, -0.15) is 0 Å². The van der Waals surface area contributed by atoms with Crippen molar-refractivity contribution in [2.75, 3.05) is 6.26 Å². The van der Waals surface area contributed by atoms with Crippen LogP contribution in [-0.2, 0) is 0 Å². The van der Waals surface area contributed by atoms with E-state index in [0.717, 1.165) is 5.70 Å². The van der Waals surface area contributed by atoms with Crippen LogP contribution < -0.4 is 0 Å². The monoisotopic (exact) mass is 169 g/mol. The van der Waals surface area contributed by atoms with Crippen molar-refractivity contribution in [2.45, 2.75) is 20.8 Å². The number of nitrogens with zero attached hydrogens (tertiary/aromatic N) is 1. The third-order valence-corrected chi connectivity index (χ3v) is 2.16. The van der Waals surface area contributed by atoms with Crippen molar-refractivity contribution in [3.05, 3.63) is 22.8 Å². The molecule has 0 radical (unpaired) electrons. The largest absolute Gasteiger partial charge is 0.261 e. The van der Waals surface area contributed by atoms with Crippen LogP contribution in [0.3, 0.4) is 0 Å². The van der Waals surface area contributed by atoms with E-state index >= 15 is 0 Å². The summed E-state index contributed by atoms with van der Waals surface area (Å²) in [5, 5.41) is 0. The zero-order valence-corrected chi connectivity index (χ0v) is 8.40. The third-order valence-electron chi connectivity index (χ3n) is 1.28. The minimum Gasteiger partial charge on any atom is -0.261 e. The summed E-state index contributed by atoms with van der Waals surface area (Å²) in [6.45, 7) is 5.96. The smallest absolute Gasteiger partial charge is 0.0715 e. The molecule has 1 nitrogen and oxygen atoms in total. The maximum Gasteiger partial charge on any atom is 0.0715 e. The first-order valence-electron chi connectivity index (χ1n) is 3.65. The van der Waals surface area contributed by atoms with Crippen LogP contribution in [0.25, 0.3) is 0 Å². The van der Waals surface area contributed by atoms with Crippen LogP contribution in [0.1, 0.15) is 20.8 Å². The minimum absolute atomic E-state index is 1.06. The first-order chi connectivity index (χ1) is 5.29. The quantitative estimate of drug-likeness (QED) is 0.466. The van der Waals surface area contributed by atoms with Gasteiger partial charge in [-0.15, -0.1) is 11.8 Å². The van der Waals surface area contributed by atoms with Gasteiger partial charge in [0.15, 0.2) is 0 Å². The average Bonchev–Trinajstić information content (AvgIpc) is 2.05. The highest BCUT2D eigenvalue weighted by atomic mass is 32.2. The van der Waals surface area contributed by atoms with Crippen LogP contribution in [0.5, 0.6) is 0 Å². The molecule has 62 valence electrons. The average molecular weight is 169 g/mol. The van der Waals surface area contributed by atoms with Gasteiger partial charge < -0.3 is 0 Å². The van der Waals surface area contributed by atoms with E-state index in [1.165, 1.54) is 4.91 Å². The van der Waals surface area contributed by atoms with E-state index in [2.05, 4.69) is 17.3 Å². The van der Waals surface area contributed by atoms with Crippen molar-refractivity contribution in [3.63, 3.8) is 0 Å². The van der Waals surface area contributed by atoms with Gasteiger partial charge in [0.2, 0.25) is 0 Å². The Hall–Kier alpha value is -0.500. The SMILES string of the molecule is CC=NC(=C/C)/C(=C\C)SC. The van der Waals surface area contributed by atoms with E-state index in [0.29, 0.717) is 0 Å². The predicted octanol–water partition coefficient (Wildman–Crippen LogP) is 3.25. The van der Waals surface area contributed by atoms with Crippen LogP contribution in [0.15, 0.2) is 27.7 Å². The molecule has 0 unspecified atom stereocenters. The summed E-state index contributed by atoms with van der Waals surface area (Å²) in [6.07, 6.45) is 7.97. The number of thioether (sulfide) groups is 1. The molecule has 0 aromatic carbocycles. The lowest BCUT2D eigenvalue weighted by atomic mass is 10.4. The lowest BCUT2D eigenvalue weighted by Crippen LogP contribution is -1.80. The van der Waals surface area contributed by atoms with Crippen LogP contribution in [-0.4, -0.2) is 12.5 Å². The Morgan fingerprint density at radius 2 is 1.82 bits per heavy atom. The number of aliphatic imine (C=N–C) groups is 1. The standard InChI is InChI=1S/C9H15NS/c1-5-8(10-7-3)9(6-2)11-4/h5-7H,1-4H3/b8-5+,9-6+,10-7?. The molecule has 0 saturated heterocycles. The van der Waals surface area contributed by atoms with Crippen molar-refractivity contribution in [1.82, 2.24) is 0 Å². The summed E-state index contributed by atoms with van der Waals surface area (Å²) in [5.41, 5.74) is 1.06. The molecule has 0 aliphatic carbocycles. The summed E-state index contributed by atoms with van der Waals surface area (Å²) >= 11 is 1.72. The van der Waals surface area contributed by atoms with Crippen molar-refractivity contribution in [2.24, 2.45) is 4.99 Å². The molecular formula is C9H15NS. The first kappa shape index (κ1) is 10.5. The van der Waals surface area contributed by atoms with Gasteiger partial charge in [-0.1, -0.05) is 12.2 Å². The topological polar surface area (TPSA) is 12.4 Å². The molecule has 0 amide bonds. The second kappa shape index (κ2) is 6.23. The van der Waals surface area contributed by atoms with E-state index in [4.69, 9.17) is 0 Å². The maximum absolute atomic E-state index is 4.23. The Morgan fingerprint density at radius 1 is 1.18 bits per heavy atom. The lowest BCUT2D eigenvalue weighted by molar-refractivity contribution is 1.36. The van der Waals surface area contributed by atoms with Gasteiger partial charge in [0.05, 0.1) is 5.70 Å². The maximum atomic E-state index is 4.23. The van der Waals surface area contributed by atoms with E-state index in [-0.39, 0.29) is 0 Å². The van der Waals surface area contributed by atoms with Crippen molar-refractivity contribution < 1.29 is 0 Å². The normalized spacial score (nSPS) is 14.5. The van der Waals surface area contributed by atoms with Crippen LogP contribution >= 0.6 is 11.8 Å². The molecule has 0 N–H and O–H groups in total. The Bertz CT molecular complexity index is 190. The number of hydrogen-bond donors (Lipinski definition) is 0. The van der Waals surface area contributed by atoms with Crippen molar-refractivity contribution in [1.29, 1.82) is 0 Å². The van der Waals surface area contributed by atoms with E-state index < -0.39 is 0 Å². The molecule has 2 heteroatoms. The molecule has 0 bridgehead atoms. The van der Waals surface area contributed by atoms with Gasteiger partial charge in [0, 0.05) is 11.1 Å². The van der Waals surface area contributed by atoms with Crippen LogP contribution in [0.2, 0.25) is 0 Å². The van der Waals surface area contributed by atoms with Gasteiger partial charge in [0.25, 0.3) is 0 Å². The number of hydrogen-bond acceptors (Lipinski definition) is 2. The summed E-state index contributed by atoms with van der Waals surface area (Å²) < 4.78 is 0. The Balaban J connectivity index is 4.50. The van der Waals surface area contributed by atoms with E-state index in [1.807, 2.05) is 33.1 Å². The zero-order chi connectivity index (χ0) is 8.69. The summed E-state index contributed by atoms with van der Waals surface area (Å²) in [4.78, 5) is 5.46. The predicted molar refractivity (Wildman–Crippen MR) is 55.2 cm³/mol. The summed E-state index contributed by atoms with van der Waals surface area (Å²) in [7, 11) is 0. The van der Waals surface area contributed by atoms with Crippen LogP contribution in [0.4, 0.5) is 0 Å². The van der Waals surface area contributed by atoms with E-state index in [1.54, 1.807) is 11.8 Å². The Kier molecular flexibility index (Phi) is 5.94. The molecule has 0 atom stereocenters. The molecule has 0 saturated carbocycles. The van der Waals surface area contributed by atoms with Gasteiger partial charge >= 0.3 is 0 Å². The van der Waals surface area contributed by atoms with Gasteiger partial charge in [-0.25, -0.2) is 0 Å². The van der Waals surface area contributed by atoms with Gasteiger partial charge in [0.1, 0.15) is 0 Å². The summed E-state index contributed by atoms with van der Waals surface area (Å²) in [5.74, 6) is 0. The molecule has 0 rings (SSSR count). The molecule has 0 aliphatic rings. The Labute approximate surface area is 73.3 Å². The molecule has 11 heavy (non-hydrogen) atoms. The fourth-order valence-electron chi connectivity index (χ4n) is 0.790. The molecular weight excluding hydrogens is 154 g/mol. The number of rotatable bonds is 3. The third kappa shape index (κ3) is 3.42. The molecule has 0 aliphatic heterocycles. The molecule has 0 heterocycles. The molecule has 0 fully saturated rings. The van der Waals surface area contributed by atoms with Gasteiger partial charge in [-0.3, -0.25) is 4.99 Å². The zero-order valence-electron chi connectivity index (χ0n) is 7.59. The second-order valence-corrected chi connectivity index (χ2v) is 2.77.